The Bertz CT molecular complexity index is 802. The molecule has 5 nitrogen and oxygen atoms in total. The molecule has 2 N–H and O–H groups in total. The summed E-state index contributed by atoms with van der Waals surface area (Å²) in [6.07, 6.45) is -3.79. The maximum atomic E-state index is 12.8. The van der Waals surface area contributed by atoms with Gasteiger partial charge in [0.15, 0.2) is 0 Å². The molecule has 0 saturated heterocycles. The number of alkyl halides is 3. The highest BCUT2D eigenvalue weighted by molar-refractivity contribution is 6.39. The zero-order chi connectivity index (χ0) is 18.4. The Labute approximate surface area is 139 Å². The number of nitrogens with one attached hydrogen (secondary N) is 2. The quantitative estimate of drug-likeness (QED) is 0.386. The van der Waals surface area contributed by atoms with E-state index >= 15 is 0 Å². The molecule has 0 aliphatic carbocycles. The number of anilines is 1. The van der Waals surface area contributed by atoms with Crippen LogP contribution in [0.3, 0.4) is 0 Å². The first-order valence-electron chi connectivity index (χ1n) is 6.83. The molecule has 0 saturated carbocycles. The molecule has 0 aliphatic heterocycles. The molecular weight excluding hydrogens is 342 g/mol. The number of halogens is 4. The lowest BCUT2D eigenvalue weighted by Gasteiger charge is -2.09. The van der Waals surface area contributed by atoms with Gasteiger partial charge in [-0.1, -0.05) is 18.2 Å². The van der Waals surface area contributed by atoms with Gasteiger partial charge in [-0.3, -0.25) is 9.59 Å². The van der Waals surface area contributed by atoms with E-state index in [1.165, 1.54) is 24.3 Å². The van der Waals surface area contributed by atoms with E-state index in [1.807, 2.05) is 5.43 Å². The van der Waals surface area contributed by atoms with E-state index in [4.69, 9.17) is 0 Å². The summed E-state index contributed by atoms with van der Waals surface area (Å²) in [5, 5.41) is 5.53. The summed E-state index contributed by atoms with van der Waals surface area (Å²) in [6, 6.07) is 9.27. The summed E-state index contributed by atoms with van der Waals surface area (Å²) in [4.78, 5) is 23.1. The first kappa shape index (κ1) is 18.1. The maximum absolute atomic E-state index is 12.8. The van der Waals surface area contributed by atoms with E-state index in [-0.39, 0.29) is 11.3 Å². The van der Waals surface area contributed by atoms with Crippen LogP contribution < -0.4 is 10.7 Å². The highest BCUT2D eigenvalue weighted by Crippen LogP contribution is 2.30. The molecule has 0 spiro atoms. The number of amides is 2. The maximum Gasteiger partial charge on any atom is 0.417 e. The standard InChI is InChI=1S/C16H11F4N3O2/c17-11-5-7-12(8-6-11)22-14(24)15(25)23-21-9-10-3-1-2-4-13(10)16(18,19)20/h1-9H,(H,22,24)(H,23,25)/b21-9+. The molecule has 0 heterocycles. The van der Waals surface area contributed by atoms with Gasteiger partial charge in [-0.15, -0.1) is 0 Å². The van der Waals surface area contributed by atoms with Crippen molar-refractivity contribution in [2.24, 2.45) is 5.10 Å². The average molecular weight is 353 g/mol. The number of carbonyl (C=O) groups is 2. The summed E-state index contributed by atoms with van der Waals surface area (Å²) in [7, 11) is 0. The van der Waals surface area contributed by atoms with Crippen LogP contribution in [0.1, 0.15) is 11.1 Å². The van der Waals surface area contributed by atoms with Gasteiger partial charge < -0.3 is 5.32 Å². The van der Waals surface area contributed by atoms with Crippen molar-refractivity contribution in [2.75, 3.05) is 5.32 Å². The number of hydrogen-bond acceptors (Lipinski definition) is 3. The van der Waals surface area contributed by atoms with Crippen LogP contribution in [0, 0.1) is 5.82 Å². The second-order valence-corrected chi connectivity index (χ2v) is 4.75. The van der Waals surface area contributed by atoms with E-state index in [2.05, 4.69) is 10.4 Å². The monoisotopic (exact) mass is 353 g/mol. The molecule has 0 radical (unpaired) electrons. The van der Waals surface area contributed by atoms with Crippen LogP contribution in [0.15, 0.2) is 53.6 Å². The van der Waals surface area contributed by atoms with Gasteiger partial charge in [0, 0.05) is 11.3 Å². The van der Waals surface area contributed by atoms with Crippen molar-refractivity contribution in [3.05, 3.63) is 65.5 Å². The third-order valence-corrected chi connectivity index (χ3v) is 2.94. The summed E-state index contributed by atoms with van der Waals surface area (Å²) in [5.74, 6) is -2.81. The third-order valence-electron chi connectivity index (χ3n) is 2.94. The number of benzene rings is 2. The zero-order valence-electron chi connectivity index (χ0n) is 12.5. The molecule has 0 unspecified atom stereocenters. The molecule has 2 amide bonds. The topological polar surface area (TPSA) is 70.6 Å². The molecule has 2 aromatic rings. The Kier molecular flexibility index (Phi) is 5.48. The van der Waals surface area contributed by atoms with Crippen molar-refractivity contribution < 1.29 is 27.2 Å². The smallest absolute Gasteiger partial charge is 0.318 e. The molecule has 2 rings (SSSR count). The van der Waals surface area contributed by atoms with Crippen LogP contribution in [-0.2, 0) is 15.8 Å². The molecule has 0 aliphatic rings. The van der Waals surface area contributed by atoms with Gasteiger partial charge in [-0.25, -0.2) is 9.82 Å². The first-order chi connectivity index (χ1) is 11.8. The lowest BCUT2D eigenvalue weighted by Crippen LogP contribution is -2.32. The minimum atomic E-state index is -4.58. The summed E-state index contributed by atoms with van der Waals surface area (Å²) >= 11 is 0. The summed E-state index contributed by atoms with van der Waals surface area (Å²) < 4.78 is 51.1. The SMILES string of the molecule is O=C(N/N=C/c1ccccc1C(F)(F)F)C(=O)Nc1ccc(F)cc1. The lowest BCUT2D eigenvalue weighted by molar-refractivity contribution is -0.137. The Morgan fingerprint density at radius 3 is 2.24 bits per heavy atom. The second kappa shape index (κ2) is 7.56. The van der Waals surface area contributed by atoms with Crippen LogP contribution in [0.4, 0.5) is 23.2 Å². The largest absolute Gasteiger partial charge is 0.417 e. The predicted molar refractivity (Wildman–Crippen MR) is 82.2 cm³/mol. The van der Waals surface area contributed by atoms with Crippen molar-refractivity contribution >= 4 is 23.7 Å². The van der Waals surface area contributed by atoms with Crippen molar-refractivity contribution in [1.82, 2.24) is 5.43 Å². The first-order valence-corrected chi connectivity index (χ1v) is 6.83. The zero-order valence-corrected chi connectivity index (χ0v) is 12.5. The van der Waals surface area contributed by atoms with Gasteiger partial charge >= 0.3 is 18.0 Å². The van der Waals surface area contributed by atoms with Gasteiger partial charge in [0.1, 0.15) is 5.82 Å². The van der Waals surface area contributed by atoms with Crippen molar-refractivity contribution in [3.63, 3.8) is 0 Å². The Balaban J connectivity index is 1.99. The van der Waals surface area contributed by atoms with E-state index < -0.39 is 29.4 Å². The minimum Gasteiger partial charge on any atom is -0.318 e. The summed E-state index contributed by atoms with van der Waals surface area (Å²) in [6.45, 7) is 0. The number of hydrazone groups is 1. The lowest BCUT2D eigenvalue weighted by atomic mass is 10.1. The molecule has 0 aromatic heterocycles. The average Bonchev–Trinajstić information content (AvgIpc) is 2.56. The molecule has 9 heteroatoms. The Morgan fingerprint density at radius 2 is 1.60 bits per heavy atom. The molecular formula is C16H11F4N3O2. The van der Waals surface area contributed by atoms with E-state index in [0.717, 1.165) is 30.5 Å². The van der Waals surface area contributed by atoms with Crippen molar-refractivity contribution in [1.29, 1.82) is 0 Å². The molecule has 25 heavy (non-hydrogen) atoms. The van der Waals surface area contributed by atoms with Gasteiger partial charge in [-0.05, 0) is 30.3 Å². The third kappa shape index (κ3) is 5.13. The second-order valence-electron chi connectivity index (χ2n) is 4.75. The highest BCUT2D eigenvalue weighted by Gasteiger charge is 2.32. The van der Waals surface area contributed by atoms with Crippen LogP contribution in [0.5, 0.6) is 0 Å². The van der Waals surface area contributed by atoms with Crippen LogP contribution >= 0.6 is 0 Å². The number of nitrogens with zero attached hydrogens (tertiary/aromatic N) is 1. The number of carbonyl (C=O) groups excluding carboxylic acids is 2. The van der Waals surface area contributed by atoms with Crippen molar-refractivity contribution in [3.8, 4) is 0 Å². The van der Waals surface area contributed by atoms with Gasteiger partial charge in [0.25, 0.3) is 0 Å². The van der Waals surface area contributed by atoms with Crippen molar-refractivity contribution in [2.45, 2.75) is 6.18 Å². The number of rotatable bonds is 3. The Morgan fingerprint density at radius 1 is 0.960 bits per heavy atom. The fourth-order valence-corrected chi connectivity index (χ4v) is 1.80. The highest BCUT2D eigenvalue weighted by atomic mass is 19.4. The van der Waals surface area contributed by atoms with Crippen LogP contribution in [-0.4, -0.2) is 18.0 Å². The molecule has 130 valence electrons. The van der Waals surface area contributed by atoms with Gasteiger partial charge in [0.05, 0.1) is 11.8 Å². The van der Waals surface area contributed by atoms with E-state index in [1.54, 1.807) is 0 Å². The Hall–Kier alpha value is -3.23. The minimum absolute atomic E-state index is 0.174. The van der Waals surface area contributed by atoms with E-state index in [0.29, 0.717) is 0 Å². The van der Waals surface area contributed by atoms with Gasteiger partial charge in [-0.2, -0.15) is 18.3 Å². The van der Waals surface area contributed by atoms with E-state index in [9.17, 15) is 27.2 Å². The summed E-state index contributed by atoms with van der Waals surface area (Å²) in [5.41, 5.74) is 0.796. The molecule has 2 aromatic carbocycles. The predicted octanol–water partition coefficient (Wildman–Crippen LogP) is 2.93. The fourth-order valence-electron chi connectivity index (χ4n) is 1.80. The molecule has 0 atom stereocenters. The van der Waals surface area contributed by atoms with Crippen LogP contribution in [0.2, 0.25) is 0 Å². The van der Waals surface area contributed by atoms with Gasteiger partial charge in [0.2, 0.25) is 0 Å². The number of hydrogen-bond donors (Lipinski definition) is 2. The van der Waals surface area contributed by atoms with Crippen LogP contribution in [0.25, 0.3) is 0 Å². The molecule has 0 fully saturated rings. The molecule has 0 bridgehead atoms. The normalized spacial score (nSPS) is 11.4. The fraction of sp³-hybridized carbons (Fsp3) is 0.0625.